The van der Waals surface area contributed by atoms with Crippen molar-refractivity contribution in [1.29, 1.82) is 0 Å². The molecule has 0 bridgehead atoms. The van der Waals surface area contributed by atoms with Gasteiger partial charge in [0.05, 0.1) is 7.11 Å². The molecule has 0 aliphatic carbocycles. The van der Waals surface area contributed by atoms with Gasteiger partial charge in [0.1, 0.15) is 17.1 Å². The third-order valence-corrected chi connectivity index (χ3v) is 3.31. The zero-order chi connectivity index (χ0) is 12.4. The minimum absolute atomic E-state index is 0.796. The first kappa shape index (κ1) is 10.9. The molecule has 2 aromatic heterocycles. The van der Waals surface area contributed by atoms with E-state index in [4.69, 9.17) is 4.74 Å². The molecular formula is C12H10N4OS. The number of benzene rings is 1. The molecule has 0 saturated heterocycles. The molecule has 0 N–H and O–H groups in total. The van der Waals surface area contributed by atoms with Gasteiger partial charge in [-0.05, 0) is 23.8 Å². The van der Waals surface area contributed by atoms with Crippen molar-refractivity contribution in [3.8, 4) is 5.75 Å². The maximum Gasteiger partial charge on any atom is 0.234 e. The lowest BCUT2D eigenvalue weighted by atomic mass is 10.2. The van der Waals surface area contributed by atoms with Crippen LogP contribution < -0.4 is 4.74 Å². The van der Waals surface area contributed by atoms with Crippen molar-refractivity contribution in [2.24, 2.45) is 0 Å². The average molecular weight is 258 g/mol. The molecule has 0 aliphatic rings. The summed E-state index contributed by atoms with van der Waals surface area (Å²) in [5, 5.41) is 12.9. The van der Waals surface area contributed by atoms with Gasteiger partial charge in [0.25, 0.3) is 0 Å². The van der Waals surface area contributed by atoms with E-state index in [9.17, 15) is 0 Å². The Morgan fingerprint density at radius 2 is 2.06 bits per heavy atom. The Labute approximate surface area is 107 Å². The highest BCUT2D eigenvalue weighted by Gasteiger charge is 2.01. The van der Waals surface area contributed by atoms with E-state index >= 15 is 0 Å². The Hall–Kier alpha value is -2.21. The molecule has 3 aromatic rings. The van der Waals surface area contributed by atoms with Gasteiger partial charge in [0.2, 0.25) is 4.96 Å². The van der Waals surface area contributed by atoms with Crippen molar-refractivity contribution in [2.45, 2.75) is 0 Å². The van der Waals surface area contributed by atoms with Crippen molar-refractivity contribution >= 4 is 28.4 Å². The van der Waals surface area contributed by atoms with Crippen LogP contribution in [0.2, 0.25) is 0 Å². The maximum absolute atomic E-state index is 5.11. The number of hydrogen-bond donors (Lipinski definition) is 0. The fourth-order valence-corrected chi connectivity index (χ4v) is 2.25. The topological polar surface area (TPSA) is 52.3 Å². The van der Waals surface area contributed by atoms with Crippen molar-refractivity contribution < 1.29 is 4.74 Å². The number of methoxy groups -OCH3 is 1. The maximum atomic E-state index is 5.11. The van der Waals surface area contributed by atoms with Gasteiger partial charge in [0.15, 0.2) is 0 Å². The lowest BCUT2D eigenvalue weighted by molar-refractivity contribution is 0.415. The molecule has 1 aromatic carbocycles. The summed E-state index contributed by atoms with van der Waals surface area (Å²) in [6, 6.07) is 7.85. The van der Waals surface area contributed by atoms with Gasteiger partial charge >= 0.3 is 0 Å². The number of rotatable bonds is 3. The molecule has 0 spiro atoms. The van der Waals surface area contributed by atoms with Crippen molar-refractivity contribution in [3.05, 3.63) is 41.2 Å². The summed E-state index contributed by atoms with van der Waals surface area (Å²) >= 11 is 1.50. The number of aromatic nitrogens is 4. The monoisotopic (exact) mass is 258 g/mol. The Balaban J connectivity index is 1.82. The third kappa shape index (κ3) is 2.10. The standard InChI is InChI=1S/C12H10N4OS/c1-17-10-5-2-9(3-6-10)4-7-11-15-16-8-13-14-12(16)18-11/h2-8H,1H3. The molecular weight excluding hydrogens is 248 g/mol. The first-order valence-corrected chi connectivity index (χ1v) is 6.16. The molecule has 90 valence electrons. The summed E-state index contributed by atoms with van der Waals surface area (Å²) in [7, 11) is 1.66. The van der Waals surface area contributed by atoms with E-state index in [0.29, 0.717) is 0 Å². The summed E-state index contributed by atoms with van der Waals surface area (Å²) in [5.74, 6) is 0.853. The summed E-state index contributed by atoms with van der Waals surface area (Å²) in [5.41, 5.74) is 1.10. The van der Waals surface area contributed by atoms with E-state index in [1.807, 2.05) is 36.4 Å². The Kier molecular flexibility index (Phi) is 2.77. The summed E-state index contributed by atoms with van der Waals surface area (Å²) in [4.78, 5) is 0.796. The fraction of sp³-hybridized carbons (Fsp3) is 0.0833. The second-order valence-electron chi connectivity index (χ2n) is 3.60. The van der Waals surface area contributed by atoms with Gasteiger partial charge in [-0.1, -0.05) is 29.5 Å². The summed E-state index contributed by atoms with van der Waals surface area (Å²) < 4.78 is 6.77. The van der Waals surface area contributed by atoms with Crippen molar-refractivity contribution in [2.75, 3.05) is 7.11 Å². The normalized spacial score (nSPS) is 11.4. The molecule has 0 atom stereocenters. The van der Waals surface area contributed by atoms with Crippen LogP contribution in [0.25, 0.3) is 17.1 Å². The van der Waals surface area contributed by atoms with Gasteiger partial charge in [-0.25, -0.2) is 0 Å². The lowest BCUT2D eigenvalue weighted by Gasteiger charge is -1.98. The van der Waals surface area contributed by atoms with E-state index < -0.39 is 0 Å². The Morgan fingerprint density at radius 3 is 2.78 bits per heavy atom. The Bertz CT molecular complexity index is 655. The summed E-state index contributed by atoms with van der Waals surface area (Å²) in [6.07, 6.45) is 5.56. The van der Waals surface area contributed by atoms with Crippen molar-refractivity contribution in [1.82, 2.24) is 19.8 Å². The van der Waals surface area contributed by atoms with Crippen LogP contribution in [0.4, 0.5) is 0 Å². The largest absolute Gasteiger partial charge is 0.497 e. The number of ether oxygens (including phenoxy) is 1. The van der Waals surface area contributed by atoms with Crippen LogP contribution in [0, 0.1) is 0 Å². The minimum Gasteiger partial charge on any atom is -0.497 e. The van der Waals surface area contributed by atoms with Crippen LogP contribution in [0.5, 0.6) is 5.75 Å². The van der Waals surface area contributed by atoms with E-state index in [1.54, 1.807) is 18.0 Å². The molecule has 0 fully saturated rings. The van der Waals surface area contributed by atoms with Crippen LogP contribution in [0.3, 0.4) is 0 Å². The molecule has 0 saturated carbocycles. The van der Waals surface area contributed by atoms with Crippen LogP contribution in [0.15, 0.2) is 30.6 Å². The fourth-order valence-electron chi connectivity index (χ4n) is 1.53. The molecule has 0 amide bonds. The number of fused-ring (bicyclic) bond motifs is 1. The highest BCUT2D eigenvalue weighted by atomic mass is 32.1. The van der Waals surface area contributed by atoms with Gasteiger partial charge in [-0.15, -0.1) is 10.2 Å². The van der Waals surface area contributed by atoms with Gasteiger partial charge in [-0.3, -0.25) is 0 Å². The van der Waals surface area contributed by atoms with E-state index in [1.165, 1.54) is 11.3 Å². The molecule has 2 heterocycles. The predicted molar refractivity (Wildman–Crippen MR) is 70.6 cm³/mol. The number of hydrogen-bond acceptors (Lipinski definition) is 5. The van der Waals surface area contributed by atoms with Crippen LogP contribution >= 0.6 is 11.3 Å². The second kappa shape index (κ2) is 4.58. The lowest BCUT2D eigenvalue weighted by Crippen LogP contribution is -1.82. The summed E-state index contributed by atoms with van der Waals surface area (Å²) in [6.45, 7) is 0. The first-order chi connectivity index (χ1) is 8.85. The second-order valence-corrected chi connectivity index (χ2v) is 4.59. The van der Waals surface area contributed by atoms with Gasteiger partial charge in [0, 0.05) is 0 Å². The molecule has 5 nitrogen and oxygen atoms in total. The average Bonchev–Trinajstić information content (AvgIpc) is 2.97. The minimum atomic E-state index is 0.796. The third-order valence-electron chi connectivity index (χ3n) is 2.44. The molecule has 0 radical (unpaired) electrons. The molecule has 0 aliphatic heterocycles. The molecule has 3 rings (SSSR count). The highest BCUT2D eigenvalue weighted by Crippen LogP contribution is 2.16. The Morgan fingerprint density at radius 1 is 1.22 bits per heavy atom. The van der Waals surface area contributed by atoms with Crippen LogP contribution in [-0.2, 0) is 0 Å². The van der Waals surface area contributed by atoms with E-state index in [-0.39, 0.29) is 0 Å². The van der Waals surface area contributed by atoms with E-state index in [2.05, 4.69) is 15.3 Å². The molecule has 0 unspecified atom stereocenters. The highest BCUT2D eigenvalue weighted by molar-refractivity contribution is 7.17. The zero-order valence-electron chi connectivity index (χ0n) is 9.65. The van der Waals surface area contributed by atoms with Crippen molar-refractivity contribution in [3.63, 3.8) is 0 Å². The van der Waals surface area contributed by atoms with Gasteiger partial charge in [-0.2, -0.15) is 9.61 Å². The zero-order valence-corrected chi connectivity index (χ0v) is 10.5. The smallest absolute Gasteiger partial charge is 0.234 e. The van der Waals surface area contributed by atoms with Crippen LogP contribution in [-0.4, -0.2) is 26.9 Å². The molecule has 18 heavy (non-hydrogen) atoms. The first-order valence-electron chi connectivity index (χ1n) is 5.34. The predicted octanol–water partition coefficient (Wildman–Crippen LogP) is 2.36. The SMILES string of the molecule is COc1ccc(C=Cc2nn3cnnc3s2)cc1. The van der Waals surface area contributed by atoms with Gasteiger partial charge < -0.3 is 4.74 Å². The van der Waals surface area contributed by atoms with Crippen LogP contribution in [0.1, 0.15) is 10.6 Å². The van der Waals surface area contributed by atoms with E-state index in [0.717, 1.165) is 21.3 Å². The number of nitrogens with zero attached hydrogens (tertiary/aromatic N) is 4. The molecule has 6 heteroatoms. The quantitative estimate of drug-likeness (QED) is 0.723.